The van der Waals surface area contributed by atoms with Gasteiger partial charge in [-0.25, -0.2) is 15.0 Å². The van der Waals surface area contributed by atoms with Gasteiger partial charge < -0.3 is 8.98 Å². The Bertz CT molecular complexity index is 3400. The van der Waals surface area contributed by atoms with Crippen LogP contribution in [0.15, 0.2) is 186 Å². The summed E-state index contributed by atoms with van der Waals surface area (Å²) < 4.78 is 8.97. The van der Waals surface area contributed by atoms with Crippen molar-refractivity contribution in [1.29, 1.82) is 0 Å². The summed E-state index contributed by atoms with van der Waals surface area (Å²) in [6.45, 7) is 0. The van der Waals surface area contributed by atoms with E-state index in [1.807, 2.05) is 72.8 Å². The molecule has 0 saturated carbocycles. The highest BCUT2D eigenvalue weighted by atomic mass is 16.3. The van der Waals surface area contributed by atoms with Crippen molar-refractivity contribution in [3.8, 4) is 51.0 Å². The van der Waals surface area contributed by atoms with E-state index in [9.17, 15) is 0 Å². The summed E-state index contributed by atoms with van der Waals surface area (Å²) in [5.41, 5.74) is 10.2. The summed E-state index contributed by atoms with van der Waals surface area (Å²) in [6.07, 6.45) is 0. The Balaban J connectivity index is 1.13. The molecule has 3 aromatic heterocycles. The Morgan fingerprint density at radius 3 is 1.70 bits per heavy atom. The highest BCUT2D eigenvalue weighted by Gasteiger charge is 2.23. The standard InChI is InChI=1S/C51H30N4O/c1-4-14-31(15-5-1)49-52-50(32-16-6-2-7-17-32)54-51(53-49)39-23-13-25-44-45(39)40-30-33(26-29-43(40)56-44)35-27-28-42-48-46(35)37-21-11-10-20-36(37)38-22-12-24-41(47(38)48)55(42)34-18-8-3-9-19-34/h1-30H. The summed E-state index contributed by atoms with van der Waals surface area (Å²) in [5.74, 6) is 1.85. The van der Waals surface area contributed by atoms with Gasteiger partial charge in [-0.2, -0.15) is 0 Å². The molecule has 0 unspecified atom stereocenters. The fourth-order valence-electron chi connectivity index (χ4n) is 8.80. The van der Waals surface area contributed by atoms with E-state index in [1.54, 1.807) is 0 Å². The van der Waals surface area contributed by atoms with Crippen LogP contribution in [0.2, 0.25) is 0 Å². The minimum Gasteiger partial charge on any atom is -0.456 e. The SMILES string of the molecule is c1ccc(-c2nc(-c3ccccc3)nc(-c3cccc4oc5ccc(-c6ccc7c8c6c6ccccc6c6cccc(c68)n7-c6ccccc6)cc5c34)n2)cc1. The lowest BCUT2D eigenvalue weighted by Gasteiger charge is -2.13. The average molecular weight is 715 g/mol. The number of hydrogen-bond acceptors (Lipinski definition) is 4. The molecule has 9 aromatic carbocycles. The van der Waals surface area contributed by atoms with Crippen molar-refractivity contribution in [2.75, 3.05) is 0 Å². The minimum absolute atomic E-state index is 0.600. The predicted molar refractivity (Wildman–Crippen MR) is 229 cm³/mol. The third kappa shape index (κ3) is 4.52. The molecule has 0 amide bonds. The van der Waals surface area contributed by atoms with Gasteiger partial charge in [0.1, 0.15) is 11.2 Å². The number of para-hydroxylation sites is 1. The molecule has 0 saturated heterocycles. The fraction of sp³-hybridized carbons (Fsp3) is 0. The first-order valence-electron chi connectivity index (χ1n) is 18.9. The van der Waals surface area contributed by atoms with Crippen LogP contribution in [0.5, 0.6) is 0 Å². The third-order valence-electron chi connectivity index (χ3n) is 11.2. The topological polar surface area (TPSA) is 56.7 Å². The minimum atomic E-state index is 0.600. The number of hydrogen-bond donors (Lipinski definition) is 0. The zero-order chi connectivity index (χ0) is 36.7. The van der Waals surface area contributed by atoms with Crippen molar-refractivity contribution in [1.82, 2.24) is 19.5 Å². The molecule has 5 heteroatoms. The van der Waals surface area contributed by atoms with E-state index < -0.39 is 0 Å². The lowest BCUT2D eigenvalue weighted by molar-refractivity contribution is 0.669. The second-order valence-electron chi connectivity index (χ2n) is 14.3. The summed E-state index contributed by atoms with van der Waals surface area (Å²) >= 11 is 0. The maximum atomic E-state index is 6.56. The molecule has 0 fully saturated rings. The fourth-order valence-corrected chi connectivity index (χ4v) is 8.80. The number of fused-ring (bicyclic) bond motifs is 6. The lowest BCUT2D eigenvalue weighted by atomic mass is 9.89. The number of nitrogens with zero attached hydrogens (tertiary/aromatic N) is 4. The van der Waals surface area contributed by atoms with Gasteiger partial charge in [0.05, 0.1) is 11.0 Å². The van der Waals surface area contributed by atoms with Crippen molar-refractivity contribution >= 4 is 65.3 Å². The smallest absolute Gasteiger partial charge is 0.164 e. The maximum absolute atomic E-state index is 6.56. The molecule has 3 heterocycles. The quantitative estimate of drug-likeness (QED) is 0.167. The summed E-state index contributed by atoms with van der Waals surface area (Å²) in [4.78, 5) is 15.1. The van der Waals surface area contributed by atoms with Crippen LogP contribution in [0.1, 0.15) is 0 Å². The zero-order valence-corrected chi connectivity index (χ0v) is 30.0. The van der Waals surface area contributed by atoms with Crippen LogP contribution in [0.3, 0.4) is 0 Å². The molecule has 0 aliphatic rings. The summed E-state index contributed by atoms with van der Waals surface area (Å²) in [6, 6.07) is 63.7. The van der Waals surface area contributed by atoms with E-state index in [0.717, 1.165) is 49.9 Å². The van der Waals surface area contributed by atoms with E-state index in [2.05, 4.69) is 114 Å². The van der Waals surface area contributed by atoms with Crippen LogP contribution in [-0.2, 0) is 0 Å². The van der Waals surface area contributed by atoms with Crippen LogP contribution in [0.4, 0.5) is 0 Å². The predicted octanol–water partition coefficient (Wildman–Crippen LogP) is 13.3. The van der Waals surface area contributed by atoms with E-state index in [1.165, 1.54) is 48.9 Å². The van der Waals surface area contributed by atoms with Gasteiger partial charge in [0.2, 0.25) is 0 Å². The first-order chi connectivity index (χ1) is 27.8. The highest BCUT2D eigenvalue weighted by molar-refractivity contribution is 6.36. The van der Waals surface area contributed by atoms with E-state index in [0.29, 0.717) is 17.5 Å². The molecular weight excluding hydrogens is 685 g/mol. The molecule has 5 nitrogen and oxygen atoms in total. The molecule has 0 bridgehead atoms. The Kier molecular flexibility index (Phi) is 6.56. The number of benzene rings is 9. The van der Waals surface area contributed by atoms with Crippen LogP contribution >= 0.6 is 0 Å². The number of aromatic nitrogens is 4. The molecule has 0 N–H and O–H groups in total. The van der Waals surface area contributed by atoms with Gasteiger partial charge in [0.25, 0.3) is 0 Å². The van der Waals surface area contributed by atoms with Gasteiger partial charge in [-0.3, -0.25) is 0 Å². The van der Waals surface area contributed by atoms with Crippen molar-refractivity contribution in [2.24, 2.45) is 0 Å². The van der Waals surface area contributed by atoms with E-state index in [4.69, 9.17) is 19.4 Å². The van der Waals surface area contributed by atoms with Gasteiger partial charge in [0.15, 0.2) is 17.5 Å². The van der Waals surface area contributed by atoms with Gasteiger partial charge >= 0.3 is 0 Å². The third-order valence-corrected chi connectivity index (χ3v) is 11.2. The first kappa shape index (κ1) is 30.8. The molecule has 260 valence electrons. The molecule has 0 aliphatic carbocycles. The first-order valence-corrected chi connectivity index (χ1v) is 18.9. The Hall–Kier alpha value is -7.63. The summed E-state index contributed by atoms with van der Waals surface area (Å²) in [7, 11) is 0. The molecule has 12 aromatic rings. The number of furan rings is 1. The molecule has 0 aliphatic heterocycles. The molecule has 0 atom stereocenters. The van der Waals surface area contributed by atoms with Crippen LogP contribution in [0, 0.1) is 0 Å². The van der Waals surface area contributed by atoms with Crippen LogP contribution in [0.25, 0.3) is 116 Å². The van der Waals surface area contributed by atoms with Crippen molar-refractivity contribution in [3.63, 3.8) is 0 Å². The Labute approximate surface area is 321 Å². The van der Waals surface area contributed by atoms with Gasteiger partial charge in [-0.15, -0.1) is 0 Å². The zero-order valence-electron chi connectivity index (χ0n) is 30.0. The van der Waals surface area contributed by atoms with Crippen molar-refractivity contribution in [2.45, 2.75) is 0 Å². The Morgan fingerprint density at radius 2 is 0.946 bits per heavy atom. The average Bonchev–Trinajstić information content (AvgIpc) is 3.82. The number of rotatable bonds is 5. The van der Waals surface area contributed by atoms with Gasteiger partial charge in [0, 0.05) is 49.3 Å². The summed E-state index contributed by atoms with van der Waals surface area (Å²) in [5, 5.41) is 9.57. The largest absolute Gasteiger partial charge is 0.456 e. The molecule has 56 heavy (non-hydrogen) atoms. The molecular formula is C51H30N4O. The van der Waals surface area contributed by atoms with E-state index >= 15 is 0 Å². The highest BCUT2D eigenvalue weighted by Crippen LogP contribution is 2.48. The molecule has 12 rings (SSSR count). The molecule has 0 radical (unpaired) electrons. The second kappa shape index (κ2) is 11.9. The van der Waals surface area contributed by atoms with Gasteiger partial charge in [-0.1, -0.05) is 140 Å². The van der Waals surface area contributed by atoms with Crippen molar-refractivity contribution < 1.29 is 4.42 Å². The van der Waals surface area contributed by atoms with Gasteiger partial charge in [-0.05, 0) is 69.8 Å². The second-order valence-corrected chi connectivity index (χ2v) is 14.3. The van der Waals surface area contributed by atoms with Crippen LogP contribution < -0.4 is 0 Å². The monoisotopic (exact) mass is 714 g/mol. The van der Waals surface area contributed by atoms with E-state index in [-0.39, 0.29) is 0 Å². The lowest BCUT2D eigenvalue weighted by Crippen LogP contribution is -2.00. The maximum Gasteiger partial charge on any atom is 0.164 e. The normalized spacial score (nSPS) is 11.9. The Morgan fingerprint density at radius 1 is 0.339 bits per heavy atom. The molecule has 0 spiro atoms. The van der Waals surface area contributed by atoms with Crippen LogP contribution in [-0.4, -0.2) is 19.5 Å². The van der Waals surface area contributed by atoms with Crippen molar-refractivity contribution in [3.05, 3.63) is 182 Å².